The summed E-state index contributed by atoms with van der Waals surface area (Å²) in [5.74, 6) is -0.256. The lowest BCUT2D eigenvalue weighted by molar-refractivity contribution is -0.121. The average Bonchev–Trinajstić information content (AvgIpc) is 2.50. The molecule has 2 rings (SSSR count). The zero-order valence-corrected chi connectivity index (χ0v) is 14.6. The Morgan fingerprint density at radius 1 is 1.35 bits per heavy atom. The van der Waals surface area contributed by atoms with Crippen LogP contribution in [0, 0.1) is 12.8 Å². The van der Waals surface area contributed by atoms with Gasteiger partial charge in [0.15, 0.2) is 0 Å². The van der Waals surface area contributed by atoms with Crippen molar-refractivity contribution in [3.8, 4) is 0 Å². The SMILES string of the molecule is Cc1ccc(NC(=O)[C@H]2CCCN(C(=O)NC(C)C)C2)cc1Cl. The molecule has 0 radical (unpaired) electrons. The molecule has 0 aliphatic carbocycles. The number of anilines is 1. The molecule has 23 heavy (non-hydrogen) atoms. The summed E-state index contributed by atoms with van der Waals surface area (Å²) in [5, 5.41) is 6.40. The van der Waals surface area contributed by atoms with Crippen LogP contribution in [0.15, 0.2) is 18.2 Å². The van der Waals surface area contributed by atoms with Crippen molar-refractivity contribution in [1.29, 1.82) is 0 Å². The predicted octanol–water partition coefficient (Wildman–Crippen LogP) is 3.42. The van der Waals surface area contributed by atoms with E-state index < -0.39 is 0 Å². The highest BCUT2D eigenvalue weighted by atomic mass is 35.5. The topological polar surface area (TPSA) is 61.4 Å². The van der Waals surface area contributed by atoms with Crippen LogP contribution < -0.4 is 10.6 Å². The molecule has 2 N–H and O–H groups in total. The fourth-order valence-corrected chi connectivity index (χ4v) is 2.81. The maximum atomic E-state index is 12.4. The summed E-state index contributed by atoms with van der Waals surface area (Å²) in [7, 11) is 0. The van der Waals surface area contributed by atoms with Crippen molar-refractivity contribution in [2.75, 3.05) is 18.4 Å². The molecule has 1 saturated heterocycles. The van der Waals surface area contributed by atoms with Gasteiger partial charge in [-0.2, -0.15) is 0 Å². The Morgan fingerprint density at radius 2 is 2.09 bits per heavy atom. The first-order valence-electron chi connectivity index (χ1n) is 7.99. The third kappa shape index (κ3) is 4.86. The van der Waals surface area contributed by atoms with Crippen LogP contribution in [-0.2, 0) is 4.79 Å². The fourth-order valence-electron chi connectivity index (χ4n) is 2.63. The standard InChI is InChI=1S/C17H24ClN3O2/c1-11(2)19-17(23)21-8-4-5-13(10-21)16(22)20-14-7-6-12(3)15(18)9-14/h6-7,9,11,13H,4-5,8,10H2,1-3H3,(H,19,23)(H,20,22)/t13-/m0/s1. The third-order valence-corrected chi connectivity index (χ3v) is 4.34. The van der Waals surface area contributed by atoms with Crippen molar-refractivity contribution in [1.82, 2.24) is 10.2 Å². The van der Waals surface area contributed by atoms with Gasteiger partial charge in [0.2, 0.25) is 5.91 Å². The van der Waals surface area contributed by atoms with Gasteiger partial charge in [-0.25, -0.2) is 4.79 Å². The van der Waals surface area contributed by atoms with E-state index >= 15 is 0 Å². The molecule has 0 bridgehead atoms. The first kappa shape index (κ1) is 17.6. The van der Waals surface area contributed by atoms with Crippen LogP contribution in [0.2, 0.25) is 5.02 Å². The quantitative estimate of drug-likeness (QED) is 0.887. The van der Waals surface area contributed by atoms with Crippen LogP contribution in [0.3, 0.4) is 0 Å². The maximum absolute atomic E-state index is 12.4. The number of halogens is 1. The number of amides is 3. The molecular weight excluding hydrogens is 314 g/mol. The van der Waals surface area contributed by atoms with E-state index in [-0.39, 0.29) is 23.9 Å². The Hall–Kier alpha value is -1.75. The Kier molecular flexibility index (Phi) is 5.88. The molecule has 0 saturated carbocycles. The number of carbonyl (C=O) groups excluding carboxylic acids is 2. The number of likely N-dealkylation sites (tertiary alicyclic amines) is 1. The van der Waals surface area contributed by atoms with Crippen molar-refractivity contribution < 1.29 is 9.59 Å². The number of hydrogen-bond acceptors (Lipinski definition) is 2. The Bertz CT molecular complexity index is 589. The summed E-state index contributed by atoms with van der Waals surface area (Å²) in [6.07, 6.45) is 1.62. The molecule has 1 aromatic rings. The molecule has 1 aliphatic rings. The molecule has 1 aromatic carbocycles. The largest absolute Gasteiger partial charge is 0.336 e. The van der Waals surface area contributed by atoms with Gasteiger partial charge in [0.1, 0.15) is 0 Å². The van der Waals surface area contributed by atoms with Gasteiger partial charge in [-0.15, -0.1) is 0 Å². The van der Waals surface area contributed by atoms with E-state index in [1.54, 1.807) is 11.0 Å². The molecule has 1 fully saturated rings. The molecule has 1 aliphatic heterocycles. The van der Waals surface area contributed by atoms with Gasteiger partial charge >= 0.3 is 6.03 Å². The molecule has 126 valence electrons. The molecule has 0 spiro atoms. The minimum Gasteiger partial charge on any atom is -0.336 e. The summed E-state index contributed by atoms with van der Waals surface area (Å²) in [6, 6.07) is 5.45. The number of hydrogen-bond donors (Lipinski definition) is 2. The van der Waals surface area contributed by atoms with Crippen LogP contribution in [0.5, 0.6) is 0 Å². The summed E-state index contributed by atoms with van der Waals surface area (Å²) in [4.78, 5) is 26.2. The molecule has 5 nitrogen and oxygen atoms in total. The van der Waals surface area contributed by atoms with Crippen LogP contribution >= 0.6 is 11.6 Å². The van der Waals surface area contributed by atoms with E-state index in [1.165, 1.54) is 0 Å². The minimum absolute atomic E-state index is 0.0630. The van der Waals surface area contributed by atoms with Crippen molar-refractivity contribution in [3.63, 3.8) is 0 Å². The molecular formula is C17H24ClN3O2. The number of nitrogens with one attached hydrogen (secondary N) is 2. The van der Waals surface area contributed by atoms with E-state index in [0.717, 1.165) is 18.4 Å². The normalized spacial score (nSPS) is 18.0. The average molecular weight is 338 g/mol. The van der Waals surface area contributed by atoms with E-state index in [4.69, 9.17) is 11.6 Å². The molecule has 3 amide bonds. The van der Waals surface area contributed by atoms with E-state index in [9.17, 15) is 9.59 Å². The van der Waals surface area contributed by atoms with Crippen LogP contribution in [0.1, 0.15) is 32.3 Å². The number of urea groups is 1. The summed E-state index contributed by atoms with van der Waals surface area (Å²) in [5.41, 5.74) is 1.66. The van der Waals surface area contributed by atoms with Gasteiger partial charge in [0.05, 0.1) is 5.92 Å². The summed E-state index contributed by atoms with van der Waals surface area (Å²) >= 11 is 6.08. The van der Waals surface area contributed by atoms with Crippen molar-refractivity contribution in [2.45, 2.75) is 39.7 Å². The van der Waals surface area contributed by atoms with Crippen LogP contribution in [0.4, 0.5) is 10.5 Å². The Morgan fingerprint density at radius 3 is 2.74 bits per heavy atom. The van der Waals surface area contributed by atoms with E-state index in [2.05, 4.69) is 10.6 Å². The van der Waals surface area contributed by atoms with Gasteiger partial charge in [-0.05, 0) is 51.3 Å². The molecule has 0 aromatic heterocycles. The highest BCUT2D eigenvalue weighted by molar-refractivity contribution is 6.31. The second-order valence-corrected chi connectivity index (χ2v) is 6.75. The van der Waals surface area contributed by atoms with E-state index in [0.29, 0.717) is 23.8 Å². The Labute approximate surface area is 142 Å². The van der Waals surface area contributed by atoms with Crippen LogP contribution in [-0.4, -0.2) is 36.0 Å². The number of carbonyl (C=O) groups is 2. The zero-order valence-electron chi connectivity index (χ0n) is 13.9. The number of rotatable bonds is 3. The maximum Gasteiger partial charge on any atom is 0.317 e. The van der Waals surface area contributed by atoms with Crippen molar-refractivity contribution in [2.24, 2.45) is 5.92 Å². The lowest BCUT2D eigenvalue weighted by atomic mass is 9.97. The van der Waals surface area contributed by atoms with Gasteiger partial charge in [0.25, 0.3) is 0 Å². The van der Waals surface area contributed by atoms with Crippen LogP contribution in [0.25, 0.3) is 0 Å². The van der Waals surface area contributed by atoms with Gasteiger partial charge in [-0.1, -0.05) is 17.7 Å². The first-order valence-corrected chi connectivity index (χ1v) is 8.37. The second kappa shape index (κ2) is 7.68. The molecule has 6 heteroatoms. The summed E-state index contributed by atoms with van der Waals surface area (Å²) in [6.45, 7) is 6.91. The number of aryl methyl sites for hydroxylation is 1. The van der Waals surface area contributed by atoms with Crippen molar-refractivity contribution >= 4 is 29.2 Å². The lowest BCUT2D eigenvalue weighted by Crippen LogP contribution is -2.49. The predicted molar refractivity (Wildman–Crippen MR) is 92.8 cm³/mol. The number of nitrogens with zero attached hydrogens (tertiary/aromatic N) is 1. The van der Waals surface area contributed by atoms with Gasteiger partial charge in [0, 0.05) is 29.8 Å². The molecule has 1 heterocycles. The lowest BCUT2D eigenvalue weighted by Gasteiger charge is -2.32. The number of benzene rings is 1. The third-order valence-electron chi connectivity index (χ3n) is 3.93. The van der Waals surface area contributed by atoms with Gasteiger partial charge in [-0.3, -0.25) is 4.79 Å². The van der Waals surface area contributed by atoms with Crippen molar-refractivity contribution in [3.05, 3.63) is 28.8 Å². The smallest absolute Gasteiger partial charge is 0.317 e. The molecule has 0 unspecified atom stereocenters. The summed E-state index contributed by atoms with van der Waals surface area (Å²) < 4.78 is 0. The Balaban J connectivity index is 1.96. The van der Waals surface area contributed by atoms with E-state index in [1.807, 2.05) is 32.9 Å². The second-order valence-electron chi connectivity index (χ2n) is 6.34. The number of piperidine rings is 1. The highest BCUT2D eigenvalue weighted by Crippen LogP contribution is 2.22. The first-order chi connectivity index (χ1) is 10.9. The zero-order chi connectivity index (χ0) is 17.0. The molecule has 1 atom stereocenters. The highest BCUT2D eigenvalue weighted by Gasteiger charge is 2.28. The fraction of sp³-hybridized carbons (Fsp3) is 0.529. The van der Waals surface area contributed by atoms with Gasteiger partial charge < -0.3 is 15.5 Å². The monoisotopic (exact) mass is 337 g/mol. The minimum atomic E-state index is -0.193.